The number of nitrogens with one attached hydrogen (secondary N) is 2. The molecule has 0 aromatic heterocycles. The molecule has 1 aliphatic heterocycles. The van der Waals surface area contributed by atoms with Crippen molar-refractivity contribution in [3.05, 3.63) is 29.8 Å². The predicted octanol–water partition coefficient (Wildman–Crippen LogP) is 1.42. The fourth-order valence-electron chi connectivity index (χ4n) is 2.45. The van der Waals surface area contributed by atoms with Crippen LogP contribution in [-0.4, -0.2) is 43.0 Å². The van der Waals surface area contributed by atoms with Crippen molar-refractivity contribution in [1.29, 1.82) is 0 Å². The predicted molar refractivity (Wildman–Crippen MR) is 84.9 cm³/mol. The number of urea groups is 1. The maximum Gasteiger partial charge on any atom is 0.316 e. The molecule has 1 heterocycles. The summed E-state index contributed by atoms with van der Waals surface area (Å²) in [7, 11) is 1.91. The Morgan fingerprint density at radius 3 is 2.81 bits per heavy atom. The number of hydrogen-bond donors (Lipinski definition) is 3. The highest BCUT2D eigenvalue weighted by molar-refractivity contribution is 5.96. The summed E-state index contributed by atoms with van der Waals surface area (Å²) in [6.45, 7) is 1.48. The molecule has 1 aromatic carbocycles. The topological polar surface area (TPSA) is 87.5 Å². The lowest BCUT2D eigenvalue weighted by molar-refractivity contribution is 0.0698. The Morgan fingerprint density at radius 1 is 1.38 bits per heavy atom. The van der Waals surface area contributed by atoms with E-state index < -0.39 is 6.03 Å². The van der Waals surface area contributed by atoms with Crippen LogP contribution >= 0.6 is 12.4 Å². The van der Waals surface area contributed by atoms with E-state index in [0.29, 0.717) is 23.8 Å². The number of carbonyl (C=O) groups excluding carboxylic acids is 2. The number of nitrogens with two attached hydrogens (primary N) is 1. The molecule has 0 saturated carbocycles. The summed E-state index contributed by atoms with van der Waals surface area (Å²) in [5.41, 5.74) is 6.17. The van der Waals surface area contributed by atoms with Gasteiger partial charge in [0, 0.05) is 30.4 Å². The number of primary amides is 1. The Hall–Kier alpha value is -1.79. The third kappa shape index (κ3) is 4.61. The van der Waals surface area contributed by atoms with Crippen molar-refractivity contribution < 1.29 is 9.59 Å². The zero-order valence-corrected chi connectivity index (χ0v) is 12.8. The fraction of sp³-hybridized carbons (Fsp3) is 0.429. The molecule has 4 N–H and O–H groups in total. The molecule has 1 aromatic rings. The van der Waals surface area contributed by atoms with Gasteiger partial charge in [-0.25, -0.2) is 4.79 Å². The molecule has 0 bridgehead atoms. The van der Waals surface area contributed by atoms with Gasteiger partial charge in [-0.15, -0.1) is 12.4 Å². The molecule has 6 nitrogen and oxygen atoms in total. The van der Waals surface area contributed by atoms with Gasteiger partial charge in [-0.2, -0.15) is 0 Å². The van der Waals surface area contributed by atoms with Crippen LogP contribution in [0.2, 0.25) is 0 Å². The van der Waals surface area contributed by atoms with Gasteiger partial charge in [0.25, 0.3) is 5.91 Å². The minimum atomic E-state index is -0.636. The average molecular weight is 313 g/mol. The summed E-state index contributed by atoms with van der Waals surface area (Å²) in [5.74, 6) is -0.0157. The van der Waals surface area contributed by atoms with E-state index in [0.717, 1.165) is 19.4 Å². The largest absolute Gasteiger partial charge is 0.351 e. The standard InChI is InChI=1S/C14H20N4O2.ClH/c1-16-12-6-3-7-18(9-12)13(19)10-4-2-5-11(8-10)17-14(15)20;/h2,4-5,8,12,16H,3,6-7,9H2,1H3,(H3,15,17,20);1H. The highest BCUT2D eigenvalue weighted by Gasteiger charge is 2.23. The molecule has 116 valence electrons. The maximum absolute atomic E-state index is 12.5. The lowest BCUT2D eigenvalue weighted by Gasteiger charge is -2.32. The van der Waals surface area contributed by atoms with Crippen molar-refractivity contribution in [1.82, 2.24) is 10.2 Å². The second-order valence-electron chi connectivity index (χ2n) is 4.95. The first kappa shape index (κ1) is 17.3. The number of amides is 3. The third-order valence-electron chi connectivity index (χ3n) is 3.49. The number of likely N-dealkylation sites (tertiary alicyclic amines) is 1. The zero-order valence-electron chi connectivity index (χ0n) is 12.0. The van der Waals surface area contributed by atoms with Gasteiger partial charge in [0.1, 0.15) is 0 Å². The Balaban J connectivity index is 0.00000220. The van der Waals surface area contributed by atoms with Crippen LogP contribution in [0.1, 0.15) is 23.2 Å². The summed E-state index contributed by atoms with van der Waals surface area (Å²) in [5, 5.41) is 5.69. The van der Waals surface area contributed by atoms with E-state index in [1.165, 1.54) is 0 Å². The van der Waals surface area contributed by atoms with Gasteiger partial charge in [-0.05, 0) is 38.1 Å². The molecule has 3 amide bonds. The number of hydrogen-bond acceptors (Lipinski definition) is 3. The van der Waals surface area contributed by atoms with E-state index in [1.807, 2.05) is 11.9 Å². The number of rotatable bonds is 3. The van der Waals surface area contributed by atoms with Crippen LogP contribution in [0.25, 0.3) is 0 Å². The summed E-state index contributed by atoms with van der Waals surface area (Å²) in [6, 6.07) is 6.54. The number of piperidine rings is 1. The first-order valence-electron chi connectivity index (χ1n) is 6.73. The highest BCUT2D eigenvalue weighted by Crippen LogP contribution is 2.16. The molecule has 1 fully saturated rings. The van der Waals surface area contributed by atoms with Gasteiger partial charge in [0.2, 0.25) is 0 Å². The molecule has 0 radical (unpaired) electrons. The molecule has 1 atom stereocenters. The van der Waals surface area contributed by atoms with E-state index in [-0.39, 0.29) is 18.3 Å². The second-order valence-corrected chi connectivity index (χ2v) is 4.95. The molecule has 1 aliphatic rings. The number of carbonyl (C=O) groups is 2. The number of anilines is 1. The Labute approximate surface area is 130 Å². The minimum Gasteiger partial charge on any atom is -0.351 e. The lowest BCUT2D eigenvalue weighted by Crippen LogP contribution is -2.46. The first-order chi connectivity index (χ1) is 9.60. The van der Waals surface area contributed by atoms with E-state index >= 15 is 0 Å². The molecule has 2 rings (SSSR count). The van der Waals surface area contributed by atoms with Crippen LogP contribution in [0.3, 0.4) is 0 Å². The van der Waals surface area contributed by atoms with Gasteiger partial charge in [0.05, 0.1) is 0 Å². The average Bonchev–Trinajstić information content (AvgIpc) is 2.46. The van der Waals surface area contributed by atoms with Crippen molar-refractivity contribution >= 4 is 30.0 Å². The molecule has 1 saturated heterocycles. The zero-order chi connectivity index (χ0) is 14.5. The summed E-state index contributed by atoms with van der Waals surface area (Å²) in [6.07, 6.45) is 2.08. The number of halogens is 1. The third-order valence-corrected chi connectivity index (χ3v) is 3.49. The lowest BCUT2D eigenvalue weighted by atomic mass is 10.0. The summed E-state index contributed by atoms with van der Waals surface area (Å²) < 4.78 is 0. The van der Waals surface area contributed by atoms with E-state index in [4.69, 9.17) is 5.73 Å². The molecule has 7 heteroatoms. The second kappa shape index (κ2) is 7.85. The van der Waals surface area contributed by atoms with Crippen molar-refractivity contribution in [2.45, 2.75) is 18.9 Å². The smallest absolute Gasteiger partial charge is 0.316 e. The maximum atomic E-state index is 12.5. The minimum absolute atomic E-state index is 0. The van der Waals surface area contributed by atoms with Gasteiger partial charge in [-0.1, -0.05) is 6.07 Å². The molecular formula is C14H21ClN4O2. The van der Waals surface area contributed by atoms with Crippen molar-refractivity contribution in [2.24, 2.45) is 5.73 Å². The van der Waals surface area contributed by atoms with Crippen molar-refractivity contribution in [2.75, 3.05) is 25.5 Å². The Morgan fingerprint density at radius 2 is 2.14 bits per heavy atom. The van der Waals surface area contributed by atoms with Gasteiger partial charge in [-0.3, -0.25) is 4.79 Å². The van der Waals surface area contributed by atoms with Crippen molar-refractivity contribution in [3.8, 4) is 0 Å². The SMILES string of the molecule is CNC1CCCN(C(=O)c2cccc(NC(N)=O)c2)C1.Cl. The summed E-state index contributed by atoms with van der Waals surface area (Å²) in [4.78, 5) is 25.1. The number of benzene rings is 1. The molecular weight excluding hydrogens is 292 g/mol. The normalized spacial score (nSPS) is 17.8. The molecule has 21 heavy (non-hydrogen) atoms. The monoisotopic (exact) mass is 312 g/mol. The molecule has 1 unspecified atom stereocenters. The number of nitrogens with zero attached hydrogens (tertiary/aromatic N) is 1. The molecule has 0 aliphatic carbocycles. The van der Waals surface area contributed by atoms with Crippen LogP contribution in [-0.2, 0) is 0 Å². The number of likely N-dealkylation sites (N-methyl/N-ethyl adjacent to an activating group) is 1. The fourth-order valence-corrected chi connectivity index (χ4v) is 2.45. The van der Waals surface area contributed by atoms with E-state index in [2.05, 4.69) is 10.6 Å². The van der Waals surface area contributed by atoms with E-state index in [1.54, 1.807) is 24.3 Å². The van der Waals surface area contributed by atoms with E-state index in [9.17, 15) is 9.59 Å². The van der Waals surface area contributed by atoms with Crippen LogP contribution in [0.15, 0.2) is 24.3 Å². The Kier molecular flexibility index (Phi) is 6.45. The first-order valence-corrected chi connectivity index (χ1v) is 6.73. The molecule has 0 spiro atoms. The van der Waals surface area contributed by atoms with Gasteiger partial charge in [0.15, 0.2) is 0 Å². The summed E-state index contributed by atoms with van der Waals surface area (Å²) >= 11 is 0. The van der Waals surface area contributed by atoms with Crippen LogP contribution in [0.4, 0.5) is 10.5 Å². The highest BCUT2D eigenvalue weighted by atomic mass is 35.5. The quantitative estimate of drug-likeness (QED) is 0.789. The Bertz CT molecular complexity index is 510. The van der Waals surface area contributed by atoms with Gasteiger partial charge >= 0.3 is 6.03 Å². The van der Waals surface area contributed by atoms with Gasteiger partial charge < -0.3 is 21.3 Å². The van der Waals surface area contributed by atoms with Crippen LogP contribution < -0.4 is 16.4 Å². The van der Waals surface area contributed by atoms with Crippen molar-refractivity contribution in [3.63, 3.8) is 0 Å². The van der Waals surface area contributed by atoms with Crippen LogP contribution in [0, 0.1) is 0 Å². The van der Waals surface area contributed by atoms with Crippen LogP contribution in [0.5, 0.6) is 0 Å².